The smallest absolute Gasteiger partial charge is 0.345 e. The lowest BCUT2D eigenvalue weighted by atomic mass is 10.1. The molecule has 2 heterocycles. The SMILES string of the molecule is CC(C)Oc1ccc(N)cc1C(=O)O.CC1(C)OC(=O)c2cc(N)ccc2O1.CCOc1ccc(N)cc1C(=O)NO.CNC(=O)c1cc(N)ccc1OC.CNC(=O)c1ccc(N)cc1OC.Cc1ccc(N(C(C)C)C(C)C)cc1C(=O)O.Nc1cc2c(c(C(=O)O)c1)OCC2. The van der Waals surface area contributed by atoms with E-state index in [4.69, 9.17) is 88.1 Å². The molecule has 0 spiro atoms. The number of rotatable bonds is 15. The van der Waals surface area contributed by atoms with Gasteiger partial charge in [0.05, 0.1) is 55.8 Å². The Labute approximate surface area is 569 Å². The topological polar surface area (TPSA) is 460 Å². The number of ether oxygens (including phenoxy) is 7. The van der Waals surface area contributed by atoms with Gasteiger partial charge in [-0.05, 0) is 170 Å². The van der Waals surface area contributed by atoms with Crippen molar-refractivity contribution in [3.63, 3.8) is 0 Å². The van der Waals surface area contributed by atoms with Crippen molar-refractivity contribution < 1.29 is 87.2 Å². The highest BCUT2D eigenvalue weighted by atomic mass is 16.7. The molecule has 19 N–H and O–H groups in total. The molecule has 28 nitrogen and oxygen atoms in total. The van der Waals surface area contributed by atoms with Gasteiger partial charge in [-0.25, -0.2) is 24.7 Å². The Morgan fingerprint density at radius 1 is 0.551 bits per heavy atom. The fraction of sp³-hybridized carbons (Fsp3) is 0.300. The van der Waals surface area contributed by atoms with Gasteiger partial charge in [0, 0.05) is 97.9 Å². The molecule has 28 heteroatoms. The lowest BCUT2D eigenvalue weighted by Crippen LogP contribution is -2.38. The van der Waals surface area contributed by atoms with Gasteiger partial charge in [-0.2, -0.15) is 0 Å². The summed E-state index contributed by atoms with van der Waals surface area (Å²) in [4.78, 5) is 80.2. The maximum Gasteiger partial charge on any atom is 0.345 e. The van der Waals surface area contributed by atoms with Crippen molar-refractivity contribution in [3.8, 4) is 34.5 Å². The summed E-state index contributed by atoms with van der Waals surface area (Å²) in [5.74, 6) is -2.48. The number of aromatic carboxylic acids is 3. The number of cyclic esters (lactones) is 1. The molecular weight excluding hydrogens is 1270 g/mol. The molecule has 0 saturated carbocycles. The quantitative estimate of drug-likeness (QED) is 0.0196. The summed E-state index contributed by atoms with van der Waals surface area (Å²) < 4.78 is 36.2. The van der Waals surface area contributed by atoms with Crippen LogP contribution in [-0.2, 0) is 11.2 Å². The summed E-state index contributed by atoms with van der Waals surface area (Å²) >= 11 is 0. The zero-order chi connectivity index (χ0) is 73.9. The lowest BCUT2D eigenvalue weighted by Gasteiger charge is -2.33. The number of fused-ring (bicyclic) bond motifs is 2. The van der Waals surface area contributed by atoms with Crippen LogP contribution in [0.1, 0.15) is 146 Å². The minimum atomic E-state index is -1.03. The number of hydrogen-bond donors (Lipinski definition) is 13. The van der Waals surface area contributed by atoms with Gasteiger partial charge < -0.3 is 98.4 Å². The molecule has 0 aromatic heterocycles. The van der Waals surface area contributed by atoms with Gasteiger partial charge in [-0.3, -0.25) is 19.6 Å². The number of methoxy groups -OCH3 is 2. The number of benzene rings is 7. The van der Waals surface area contributed by atoms with E-state index in [1.165, 1.54) is 37.9 Å². The van der Waals surface area contributed by atoms with Gasteiger partial charge in [0.1, 0.15) is 51.2 Å². The van der Waals surface area contributed by atoms with E-state index in [-0.39, 0.29) is 34.6 Å². The van der Waals surface area contributed by atoms with Crippen LogP contribution in [0.15, 0.2) is 121 Å². The zero-order valence-corrected chi connectivity index (χ0v) is 57.3. The second-order valence-electron chi connectivity index (χ2n) is 22.4. The zero-order valence-electron chi connectivity index (χ0n) is 57.3. The molecular formula is C70H90N10O18. The number of carboxylic acids is 3. The highest BCUT2D eigenvalue weighted by Crippen LogP contribution is 2.34. The molecule has 0 bridgehead atoms. The van der Waals surface area contributed by atoms with Gasteiger partial charge in [-0.1, -0.05) is 6.07 Å². The van der Waals surface area contributed by atoms with Gasteiger partial charge in [0.15, 0.2) is 0 Å². The maximum atomic E-state index is 11.5. The van der Waals surface area contributed by atoms with Crippen molar-refractivity contribution in [2.75, 3.05) is 80.8 Å². The Bertz CT molecular complexity index is 3870. The molecule has 0 atom stereocenters. The molecule has 0 unspecified atom stereocenters. The summed E-state index contributed by atoms with van der Waals surface area (Å²) in [6.07, 6.45) is 0.678. The molecule has 2 aliphatic heterocycles. The van der Waals surface area contributed by atoms with E-state index in [0.717, 1.165) is 23.2 Å². The summed E-state index contributed by atoms with van der Waals surface area (Å²) in [7, 11) is 6.14. The molecule has 528 valence electrons. The van der Waals surface area contributed by atoms with E-state index in [0.29, 0.717) is 116 Å². The van der Waals surface area contributed by atoms with E-state index < -0.39 is 35.6 Å². The number of anilines is 7. The first-order valence-corrected chi connectivity index (χ1v) is 30.4. The Morgan fingerprint density at radius 2 is 1.03 bits per heavy atom. The van der Waals surface area contributed by atoms with E-state index >= 15 is 0 Å². The van der Waals surface area contributed by atoms with Crippen molar-refractivity contribution in [1.82, 2.24) is 16.1 Å². The van der Waals surface area contributed by atoms with Crippen molar-refractivity contribution in [1.29, 1.82) is 0 Å². The minimum absolute atomic E-state index is 0.0586. The molecule has 7 aromatic rings. The first-order valence-electron chi connectivity index (χ1n) is 30.4. The highest BCUT2D eigenvalue weighted by Gasteiger charge is 2.34. The van der Waals surface area contributed by atoms with Crippen LogP contribution < -0.4 is 83.8 Å². The maximum absolute atomic E-state index is 11.5. The van der Waals surface area contributed by atoms with E-state index in [1.807, 2.05) is 32.9 Å². The third-order valence-electron chi connectivity index (χ3n) is 13.5. The third kappa shape index (κ3) is 24.2. The fourth-order valence-corrected chi connectivity index (χ4v) is 9.25. The molecule has 98 heavy (non-hydrogen) atoms. The predicted molar refractivity (Wildman–Crippen MR) is 375 cm³/mol. The average molecular weight is 1360 g/mol. The van der Waals surface area contributed by atoms with E-state index in [1.54, 1.807) is 126 Å². The number of carbonyl (C=O) groups is 7. The Morgan fingerprint density at radius 3 is 1.54 bits per heavy atom. The number of amides is 3. The molecule has 0 saturated heterocycles. The summed E-state index contributed by atoms with van der Waals surface area (Å²) in [6.45, 7) is 20.1. The van der Waals surface area contributed by atoms with Crippen LogP contribution in [0.3, 0.4) is 0 Å². The Kier molecular flexibility index (Phi) is 31.1. The normalized spacial score (nSPS) is 11.6. The van der Waals surface area contributed by atoms with E-state index in [2.05, 4.69) is 43.2 Å². The van der Waals surface area contributed by atoms with Crippen LogP contribution >= 0.6 is 0 Å². The molecule has 3 amide bonds. The van der Waals surface area contributed by atoms with E-state index in [9.17, 15) is 33.6 Å². The van der Waals surface area contributed by atoms with Crippen molar-refractivity contribution in [3.05, 3.63) is 171 Å². The first-order chi connectivity index (χ1) is 46.1. The predicted octanol–water partition coefficient (Wildman–Crippen LogP) is 9.59. The van der Waals surface area contributed by atoms with Gasteiger partial charge in [-0.15, -0.1) is 0 Å². The number of nitrogens with one attached hydrogen (secondary N) is 3. The molecule has 9 rings (SSSR count). The first kappa shape index (κ1) is 80.4. The Balaban J connectivity index is 0.000000298. The summed E-state index contributed by atoms with van der Waals surface area (Å²) in [5.41, 5.74) is 42.5. The molecule has 0 radical (unpaired) electrons. The number of nitrogens with two attached hydrogens (primary N) is 6. The molecule has 0 fully saturated rings. The monoisotopic (exact) mass is 1360 g/mol. The number of nitrogen functional groups attached to an aromatic ring is 6. The van der Waals surface area contributed by atoms with Crippen LogP contribution in [0.4, 0.5) is 39.8 Å². The number of hydrogen-bond acceptors (Lipinski definition) is 22. The van der Waals surface area contributed by atoms with Crippen molar-refractivity contribution in [2.45, 2.75) is 99.6 Å². The molecule has 2 aliphatic rings. The fourth-order valence-electron chi connectivity index (χ4n) is 9.25. The standard InChI is InChI=1S/C14H21NO2.C10H11NO3.C10H13NO3.C9H12N2O3.2C9H12N2O2.C9H9NO3/c1-9(2)15(10(3)4)12-7-6-11(5)13(8-12)14(16)17;1-10(2)13-8-4-3-6(11)5-7(8)9(12)14-10;1-6(2)14-9-4-3-7(11)5-8(9)10(12)13;1-2-14-8-4-3-6(10)5-7(8)9(12)11-13;1-11-9(12)7-5-6(10)3-4-8(7)13-2;1-11-9(12)7-4-3-6(10)5-8(7)13-2;10-6-3-5-1-2-13-8(5)7(4-6)9(11)12/h6-10H,1-5H3,(H,16,17);3-5H,11H2,1-2H3;3-6H,11H2,1-2H3,(H,12,13);3-5,13H,2,10H2,1H3,(H,11,12);2*3-5H,10H2,1-2H3,(H,11,12);3-4H,1-2,10H2,(H,11,12). The summed E-state index contributed by atoms with van der Waals surface area (Å²) in [5, 5.41) is 40.3. The van der Waals surface area contributed by atoms with Gasteiger partial charge in [0.2, 0.25) is 5.79 Å². The largest absolute Gasteiger partial charge is 0.496 e. The minimum Gasteiger partial charge on any atom is -0.496 e. The number of aryl methyl sites for hydroxylation is 1. The molecule has 0 aliphatic carbocycles. The number of carbonyl (C=O) groups excluding carboxylic acids is 4. The number of nitrogens with zero attached hydrogens (tertiary/aromatic N) is 1. The average Bonchev–Trinajstić information content (AvgIpc) is 0.909. The van der Waals surface area contributed by atoms with Gasteiger partial charge in [0.25, 0.3) is 17.7 Å². The third-order valence-corrected chi connectivity index (χ3v) is 13.5. The van der Waals surface area contributed by atoms with Crippen molar-refractivity contribution >= 4 is 81.4 Å². The van der Waals surface area contributed by atoms with Crippen LogP contribution in [0.25, 0.3) is 0 Å². The second kappa shape index (κ2) is 37.9. The number of hydroxylamine groups is 1. The van der Waals surface area contributed by atoms with Crippen LogP contribution in [0.5, 0.6) is 34.5 Å². The Hall–Kier alpha value is -11.8. The molecule has 7 aromatic carbocycles. The van der Waals surface area contributed by atoms with Crippen LogP contribution in [0.2, 0.25) is 0 Å². The van der Waals surface area contributed by atoms with Crippen LogP contribution in [-0.4, -0.2) is 128 Å². The lowest BCUT2D eigenvalue weighted by molar-refractivity contribution is -0.127. The number of esters is 1. The second-order valence-corrected chi connectivity index (χ2v) is 22.4. The highest BCUT2D eigenvalue weighted by molar-refractivity contribution is 5.99. The van der Waals surface area contributed by atoms with Crippen molar-refractivity contribution in [2.24, 2.45) is 0 Å². The summed E-state index contributed by atoms with van der Waals surface area (Å²) in [6, 6.07) is 33.5. The number of carboxylic acid groups (broad SMARTS) is 3. The van der Waals surface area contributed by atoms with Gasteiger partial charge >= 0.3 is 23.9 Å². The van der Waals surface area contributed by atoms with Crippen LogP contribution in [0, 0.1) is 6.92 Å².